The summed E-state index contributed by atoms with van der Waals surface area (Å²) in [7, 11) is 0. The summed E-state index contributed by atoms with van der Waals surface area (Å²) in [5, 5.41) is 6.28. The summed E-state index contributed by atoms with van der Waals surface area (Å²) in [5.74, 6) is 1.29. The van der Waals surface area contributed by atoms with E-state index >= 15 is 0 Å². The summed E-state index contributed by atoms with van der Waals surface area (Å²) in [6.45, 7) is 0. The van der Waals surface area contributed by atoms with Gasteiger partial charge in [0.1, 0.15) is 0 Å². The fourth-order valence-electron chi connectivity index (χ4n) is 3.54. The maximum atomic E-state index is 11.4. The van der Waals surface area contributed by atoms with Crippen molar-refractivity contribution >= 4 is 38.6 Å². The average molecular weight is 338 g/mol. The number of para-hydroxylation sites is 1. The Kier molecular flexibility index (Phi) is 3.25. The van der Waals surface area contributed by atoms with Crippen molar-refractivity contribution in [1.29, 1.82) is 0 Å². The van der Waals surface area contributed by atoms with Crippen LogP contribution in [0.2, 0.25) is 0 Å². The molecule has 3 nitrogen and oxygen atoms in total. The predicted molar refractivity (Wildman–Crippen MR) is 103 cm³/mol. The third-order valence-electron chi connectivity index (χ3n) is 4.76. The number of rotatable bonds is 4. The lowest BCUT2D eigenvalue weighted by Crippen LogP contribution is -2.01. The molecule has 0 N–H and O–H groups in total. The van der Waals surface area contributed by atoms with E-state index in [1.165, 1.54) is 0 Å². The summed E-state index contributed by atoms with van der Waals surface area (Å²) in [5.41, 5.74) is 0.693. The van der Waals surface area contributed by atoms with Gasteiger partial charge in [0.25, 0.3) is 0 Å². The Labute approximate surface area is 149 Å². The van der Waals surface area contributed by atoms with Gasteiger partial charge in [-0.2, -0.15) is 0 Å². The molecule has 5 aromatic carbocycles. The van der Waals surface area contributed by atoms with E-state index in [2.05, 4.69) is 0 Å². The van der Waals surface area contributed by atoms with E-state index < -0.39 is 0 Å². The highest BCUT2D eigenvalue weighted by molar-refractivity contribution is 6.26. The second kappa shape index (κ2) is 5.74. The fraction of sp³-hybridized carbons (Fsp3) is 0. The van der Waals surface area contributed by atoms with Crippen molar-refractivity contribution in [2.24, 2.45) is 0 Å². The van der Waals surface area contributed by atoms with E-state index in [4.69, 9.17) is 9.78 Å². The molecule has 0 aliphatic rings. The highest BCUT2D eigenvalue weighted by atomic mass is 17.2. The number of carbonyl (C=O) groups excluding carboxylic acids is 1. The Hall–Kier alpha value is -3.59. The molecule has 0 aliphatic heterocycles. The van der Waals surface area contributed by atoms with Gasteiger partial charge < -0.3 is 0 Å². The van der Waals surface area contributed by atoms with Gasteiger partial charge in [0.05, 0.1) is 0 Å². The molecule has 0 aliphatic carbocycles. The van der Waals surface area contributed by atoms with Gasteiger partial charge in [0, 0.05) is 16.3 Å². The van der Waals surface area contributed by atoms with Gasteiger partial charge in [-0.25, -0.2) is 0 Å². The molecule has 0 heterocycles. The van der Waals surface area contributed by atoms with Crippen LogP contribution in [0.3, 0.4) is 0 Å². The van der Waals surface area contributed by atoms with Gasteiger partial charge in [-0.05, 0) is 45.8 Å². The molecule has 0 fully saturated rings. The van der Waals surface area contributed by atoms with Gasteiger partial charge in [0.15, 0.2) is 17.8 Å². The molecular formula is C23H14O3. The van der Waals surface area contributed by atoms with Gasteiger partial charge in [-0.3, -0.25) is 14.6 Å². The summed E-state index contributed by atoms with van der Waals surface area (Å²) in [6.07, 6.45) is 0.905. The minimum Gasteiger partial charge on any atom is -0.298 e. The van der Waals surface area contributed by atoms with Crippen LogP contribution in [-0.2, 0) is 0 Å². The van der Waals surface area contributed by atoms with Crippen LogP contribution >= 0.6 is 0 Å². The summed E-state index contributed by atoms with van der Waals surface area (Å²) in [6, 6.07) is 25.3. The maximum absolute atomic E-state index is 11.4. The number of hydrogen-bond acceptors (Lipinski definition) is 3. The standard InChI is InChI=1S/C23H14O3/c24-14-17-7-6-15-9-12-20-21(26-25-18-4-2-1-3-5-18)13-10-16-8-11-19(17)22(15)23(16)20/h1-14H. The molecule has 0 saturated heterocycles. The summed E-state index contributed by atoms with van der Waals surface area (Å²) < 4.78 is 0. The first-order chi connectivity index (χ1) is 12.8. The van der Waals surface area contributed by atoms with Crippen molar-refractivity contribution in [3.63, 3.8) is 0 Å². The predicted octanol–water partition coefficient (Wildman–Crippen LogP) is 5.77. The minimum absolute atomic E-state index is 0.640. The van der Waals surface area contributed by atoms with Crippen LogP contribution in [0.4, 0.5) is 0 Å². The summed E-state index contributed by atoms with van der Waals surface area (Å²) >= 11 is 0. The largest absolute Gasteiger partial charge is 0.298 e. The van der Waals surface area contributed by atoms with Crippen LogP contribution < -0.4 is 9.78 Å². The number of benzene rings is 5. The SMILES string of the molecule is O=Cc1ccc2ccc3c(OOc4ccccc4)ccc4ccc1c2c43. The molecule has 0 amide bonds. The lowest BCUT2D eigenvalue weighted by Gasteiger charge is -2.14. The minimum atomic E-state index is 0.640. The first-order valence-electron chi connectivity index (χ1n) is 8.40. The van der Waals surface area contributed by atoms with Gasteiger partial charge in [-0.15, -0.1) is 0 Å². The van der Waals surface area contributed by atoms with E-state index in [0.29, 0.717) is 17.1 Å². The molecule has 26 heavy (non-hydrogen) atoms. The van der Waals surface area contributed by atoms with Gasteiger partial charge >= 0.3 is 0 Å². The van der Waals surface area contributed by atoms with Crippen LogP contribution in [-0.4, -0.2) is 6.29 Å². The van der Waals surface area contributed by atoms with Crippen LogP contribution in [0, 0.1) is 0 Å². The smallest absolute Gasteiger partial charge is 0.186 e. The Morgan fingerprint density at radius 3 is 2.04 bits per heavy atom. The third kappa shape index (κ3) is 2.18. The zero-order valence-corrected chi connectivity index (χ0v) is 13.8. The second-order valence-electron chi connectivity index (χ2n) is 6.24. The normalized spacial score (nSPS) is 11.2. The van der Waals surface area contributed by atoms with Crippen molar-refractivity contribution in [3.05, 3.63) is 84.4 Å². The van der Waals surface area contributed by atoms with Gasteiger partial charge in [-0.1, -0.05) is 54.6 Å². The molecule has 5 rings (SSSR count). The van der Waals surface area contributed by atoms with Crippen molar-refractivity contribution < 1.29 is 14.6 Å². The maximum Gasteiger partial charge on any atom is 0.186 e. The number of carbonyl (C=O) groups is 1. The highest BCUT2D eigenvalue weighted by Crippen LogP contribution is 2.39. The molecule has 3 heteroatoms. The molecule has 5 aromatic rings. The van der Waals surface area contributed by atoms with Crippen LogP contribution in [0.15, 0.2) is 78.9 Å². The van der Waals surface area contributed by atoms with E-state index in [1.807, 2.05) is 78.9 Å². The van der Waals surface area contributed by atoms with E-state index in [0.717, 1.165) is 38.6 Å². The van der Waals surface area contributed by atoms with E-state index in [-0.39, 0.29) is 0 Å². The number of aldehydes is 1. The monoisotopic (exact) mass is 338 g/mol. The fourth-order valence-corrected chi connectivity index (χ4v) is 3.54. The topological polar surface area (TPSA) is 35.5 Å². The molecule has 124 valence electrons. The average Bonchev–Trinajstić information content (AvgIpc) is 2.71. The van der Waals surface area contributed by atoms with Crippen LogP contribution in [0.25, 0.3) is 32.3 Å². The van der Waals surface area contributed by atoms with E-state index in [9.17, 15) is 4.79 Å². The summed E-state index contributed by atoms with van der Waals surface area (Å²) in [4.78, 5) is 22.5. The highest BCUT2D eigenvalue weighted by Gasteiger charge is 2.14. The van der Waals surface area contributed by atoms with Crippen molar-refractivity contribution in [2.75, 3.05) is 0 Å². The third-order valence-corrected chi connectivity index (χ3v) is 4.76. The van der Waals surface area contributed by atoms with E-state index in [1.54, 1.807) is 0 Å². The number of hydrogen-bond donors (Lipinski definition) is 0. The van der Waals surface area contributed by atoms with Crippen molar-refractivity contribution in [2.45, 2.75) is 0 Å². The second-order valence-corrected chi connectivity index (χ2v) is 6.24. The lowest BCUT2D eigenvalue weighted by molar-refractivity contribution is -0.0983. The van der Waals surface area contributed by atoms with Crippen molar-refractivity contribution in [1.82, 2.24) is 0 Å². The Balaban J connectivity index is 1.72. The molecule has 0 atom stereocenters. The van der Waals surface area contributed by atoms with Crippen LogP contribution in [0.5, 0.6) is 11.5 Å². The lowest BCUT2D eigenvalue weighted by atomic mass is 9.92. The quantitative estimate of drug-likeness (QED) is 0.181. The van der Waals surface area contributed by atoms with Crippen LogP contribution in [0.1, 0.15) is 10.4 Å². The molecule has 0 aromatic heterocycles. The first-order valence-corrected chi connectivity index (χ1v) is 8.40. The molecule has 0 unspecified atom stereocenters. The molecule has 0 saturated carbocycles. The Morgan fingerprint density at radius 2 is 1.27 bits per heavy atom. The molecule has 0 spiro atoms. The molecule has 0 radical (unpaired) electrons. The Bertz CT molecular complexity index is 1240. The zero-order valence-electron chi connectivity index (χ0n) is 13.8. The van der Waals surface area contributed by atoms with Crippen molar-refractivity contribution in [3.8, 4) is 11.5 Å². The zero-order chi connectivity index (χ0) is 17.5. The Morgan fingerprint density at radius 1 is 0.615 bits per heavy atom. The van der Waals surface area contributed by atoms with Gasteiger partial charge in [0.2, 0.25) is 0 Å². The molecule has 0 bridgehead atoms. The first kappa shape index (κ1) is 14.7. The molecular weight excluding hydrogens is 324 g/mol.